The lowest BCUT2D eigenvalue weighted by Gasteiger charge is -2.26. The third-order valence-electron chi connectivity index (χ3n) is 5.31. The third-order valence-corrected chi connectivity index (χ3v) is 5.55. The van der Waals surface area contributed by atoms with E-state index in [2.05, 4.69) is 11.4 Å². The number of amides is 1. The van der Waals surface area contributed by atoms with Crippen LogP contribution in [-0.2, 0) is 27.2 Å². The molecule has 1 heterocycles. The lowest BCUT2D eigenvalue weighted by Crippen LogP contribution is -2.36. The Kier molecular flexibility index (Phi) is 5.53. The largest absolute Gasteiger partial charge is 0.492 e. The molecule has 0 fully saturated rings. The average molecular weight is 400 g/mol. The summed E-state index contributed by atoms with van der Waals surface area (Å²) < 4.78 is 10.9. The number of halogens is 1. The van der Waals surface area contributed by atoms with E-state index >= 15 is 0 Å². The number of carbonyl (C=O) groups excluding carboxylic acids is 2. The van der Waals surface area contributed by atoms with Gasteiger partial charge in [-0.2, -0.15) is 0 Å². The summed E-state index contributed by atoms with van der Waals surface area (Å²) in [6.45, 7) is -0.0402. The van der Waals surface area contributed by atoms with Crippen molar-refractivity contribution in [3.63, 3.8) is 0 Å². The van der Waals surface area contributed by atoms with Gasteiger partial charge in [0.05, 0.1) is 12.0 Å². The zero-order chi connectivity index (χ0) is 19.5. The summed E-state index contributed by atoms with van der Waals surface area (Å²) in [6.07, 6.45) is 3.45. The number of benzene rings is 2. The molecule has 2 aromatic rings. The normalized spacial score (nSPS) is 20.3. The second kappa shape index (κ2) is 8.23. The van der Waals surface area contributed by atoms with Crippen LogP contribution in [0.4, 0.5) is 0 Å². The van der Waals surface area contributed by atoms with Gasteiger partial charge in [0.1, 0.15) is 12.4 Å². The molecule has 0 bridgehead atoms. The van der Waals surface area contributed by atoms with E-state index < -0.39 is 11.9 Å². The molecular formula is C22H22ClNO4. The van der Waals surface area contributed by atoms with Crippen molar-refractivity contribution < 1.29 is 19.1 Å². The number of fused-ring (bicyclic) bond motifs is 2. The summed E-state index contributed by atoms with van der Waals surface area (Å²) >= 11 is 6.01. The highest BCUT2D eigenvalue weighted by Gasteiger charge is 2.28. The van der Waals surface area contributed by atoms with Gasteiger partial charge in [-0.15, -0.1) is 0 Å². The number of rotatable bonds is 4. The fraction of sp³-hybridized carbons (Fsp3) is 0.364. The number of hydrogen-bond acceptors (Lipinski definition) is 4. The lowest BCUT2D eigenvalue weighted by molar-refractivity contribution is -0.154. The first-order chi connectivity index (χ1) is 13.6. The number of hydrogen-bond donors (Lipinski definition) is 1. The van der Waals surface area contributed by atoms with E-state index in [0.717, 1.165) is 36.1 Å². The Balaban J connectivity index is 1.30. The second-order valence-corrected chi connectivity index (χ2v) is 7.72. The Bertz CT molecular complexity index is 898. The maximum Gasteiger partial charge on any atom is 0.313 e. The highest BCUT2D eigenvalue weighted by atomic mass is 35.5. The van der Waals surface area contributed by atoms with E-state index in [4.69, 9.17) is 21.1 Å². The molecule has 0 unspecified atom stereocenters. The smallest absolute Gasteiger partial charge is 0.313 e. The molecule has 1 aliphatic heterocycles. The van der Waals surface area contributed by atoms with Gasteiger partial charge in [-0.3, -0.25) is 9.59 Å². The summed E-state index contributed by atoms with van der Waals surface area (Å²) in [4.78, 5) is 24.7. The van der Waals surface area contributed by atoms with E-state index in [9.17, 15) is 9.59 Å². The minimum Gasteiger partial charge on any atom is -0.492 e. The Hall–Kier alpha value is -2.53. The van der Waals surface area contributed by atoms with Crippen LogP contribution in [0.1, 0.15) is 35.6 Å². The van der Waals surface area contributed by atoms with Gasteiger partial charge < -0.3 is 14.8 Å². The Labute approximate surface area is 169 Å². The molecule has 0 spiro atoms. The average Bonchev–Trinajstić information content (AvgIpc) is 2.71. The van der Waals surface area contributed by atoms with Gasteiger partial charge >= 0.3 is 5.97 Å². The molecule has 28 heavy (non-hydrogen) atoms. The molecule has 6 heteroatoms. The van der Waals surface area contributed by atoms with E-state index in [-0.39, 0.29) is 25.2 Å². The van der Waals surface area contributed by atoms with Crippen molar-refractivity contribution in [1.29, 1.82) is 0 Å². The molecular weight excluding hydrogens is 378 g/mol. The van der Waals surface area contributed by atoms with Crippen molar-refractivity contribution in [3.8, 4) is 5.75 Å². The Morgan fingerprint density at radius 2 is 2.04 bits per heavy atom. The van der Waals surface area contributed by atoms with Crippen molar-refractivity contribution in [2.75, 3.05) is 13.2 Å². The predicted octanol–water partition coefficient (Wildman–Crippen LogP) is 3.63. The summed E-state index contributed by atoms with van der Waals surface area (Å²) in [6, 6.07) is 13.5. The van der Waals surface area contributed by atoms with Crippen LogP contribution in [0, 0.1) is 5.92 Å². The highest BCUT2D eigenvalue weighted by Crippen LogP contribution is 2.31. The van der Waals surface area contributed by atoms with Crippen molar-refractivity contribution in [1.82, 2.24) is 5.32 Å². The third kappa shape index (κ3) is 4.14. The van der Waals surface area contributed by atoms with Crippen molar-refractivity contribution in [2.45, 2.75) is 31.7 Å². The molecule has 0 radical (unpaired) electrons. The molecule has 1 aliphatic carbocycles. The van der Waals surface area contributed by atoms with Crippen LogP contribution in [0.3, 0.4) is 0 Å². The van der Waals surface area contributed by atoms with Crippen LogP contribution >= 0.6 is 11.6 Å². The van der Waals surface area contributed by atoms with Gasteiger partial charge in [0.2, 0.25) is 0 Å². The molecule has 0 aromatic heterocycles. The monoisotopic (exact) mass is 399 g/mol. The van der Waals surface area contributed by atoms with Crippen LogP contribution < -0.4 is 10.1 Å². The minimum atomic E-state index is -0.436. The van der Waals surface area contributed by atoms with Gasteiger partial charge in [-0.1, -0.05) is 35.9 Å². The van der Waals surface area contributed by atoms with Crippen molar-refractivity contribution in [2.24, 2.45) is 5.92 Å². The Morgan fingerprint density at radius 1 is 1.18 bits per heavy atom. The van der Waals surface area contributed by atoms with Crippen LogP contribution in [0.15, 0.2) is 42.5 Å². The van der Waals surface area contributed by atoms with Crippen molar-refractivity contribution >= 4 is 23.5 Å². The zero-order valence-electron chi connectivity index (χ0n) is 15.4. The lowest BCUT2D eigenvalue weighted by atomic mass is 9.88. The maximum absolute atomic E-state index is 12.4. The van der Waals surface area contributed by atoms with Crippen LogP contribution in [-0.4, -0.2) is 25.1 Å². The van der Waals surface area contributed by atoms with Gasteiger partial charge in [0.15, 0.2) is 6.61 Å². The predicted molar refractivity (Wildman–Crippen MR) is 105 cm³/mol. The minimum absolute atomic E-state index is 0.0248. The van der Waals surface area contributed by atoms with Gasteiger partial charge in [0.25, 0.3) is 5.91 Å². The number of esters is 1. The molecule has 4 rings (SSSR count). The van der Waals surface area contributed by atoms with Crippen LogP contribution in [0.2, 0.25) is 5.02 Å². The Morgan fingerprint density at radius 3 is 2.93 bits per heavy atom. The standard InChI is InChI=1S/C22H22ClNO4/c23-17-8-9-20-15(11-17)10-16(12-27-20)22(26)28-13-21(25)24-19-7-3-5-14-4-1-2-6-18(14)19/h1-2,4,6,8-9,11,16,19H,3,5,7,10,12-13H2,(H,24,25)/t16-,19+/m1/s1. The first-order valence-electron chi connectivity index (χ1n) is 9.55. The molecule has 2 atom stereocenters. The van der Waals surface area contributed by atoms with Gasteiger partial charge in [-0.25, -0.2) is 0 Å². The number of aryl methyl sites for hydroxylation is 1. The van der Waals surface area contributed by atoms with Gasteiger partial charge in [-0.05, 0) is 60.6 Å². The summed E-state index contributed by atoms with van der Waals surface area (Å²) in [5.74, 6) is -0.406. The number of ether oxygens (including phenoxy) is 2. The molecule has 5 nitrogen and oxygen atoms in total. The fourth-order valence-corrected chi connectivity index (χ4v) is 4.10. The highest BCUT2D eigenvalue weighted by molar-refractivity contribution is 6.30. The van der Waals surface area contributed by atoms with E-state index in [1.807, 2.05) is 18.2 Å². The first-order valence-corrected chi connectivity index (χ1v) is 9.93. The number of nitrogens with one attached hydrogen (secondary N) is 1. The summed E-state index contributed by atoms with van der Waals surface area (Å²) in [7, 11) is 0. The van der Waals surface area contributed by atoms with Crippen LogP contribution in [0.25, 0.3) is 0 Å². The maximum atomic E-state index is 12.4. The van der Waals surface area contributed by atoms with Crippen molar-refractivity contribution in [3.05, 3.63) is 64.2 Å². The summed E-state index contributed by atoms with van der Waals surface area (Å²) in [5, 5.41) is 3.59. The van der Waals surface area contributed by atoms with E-state index in [1.165, 1.54) is 5.56 Å². The SMILES string of the molecule is O=C(COC(=O)[C@H]1COc2ccc(Cl)cc2C1)N[C@H]1CCCc2ccccc21. The molecule has 146 valence electrons. The molecule has 0 saturated heterocycles. The second-order valence-electron chi connectivity index (χ2n) is 7.28. The van der Waals surface area contributed by atoms with Crippen LogP contribution in [0.5, 0.6) is 5.75 Å². The quantitative estimate of drug-likeness (QED) is 0.797. The molecule has 0 saturated carbocycles. The zero-order valence-corrected chi connectivity index (χ0v) is 16.2. The van der Waals surface area contributed by atoms with E-state index in [0.29, 0.717) is 11.4 Å². The molecule has 2 aromatic carbocycles. The van der Waals surface area contributed by atoms with Gasteiger partial charge in [0, 0.05) is 5.02 Å². The number of carbonyl (C=O) groups is 2. The topological polar surface area (TPSA) is 64.6 Å². The van der Waals surface area contributed by atoms with E-state index in [1.54, 1.807) is 18.2 Å². The molecule has 1 amide bonds. The molecule has 2 aliphatic rings. The molecule has 1 N–H and O–H groups in total. The first kappa shape index (κ1) is 18.8. The fourth-order valence-electron chi connectivity index (χ4n) is 3.91. The summed E-state index contributed by atoms with van der Waals surface area (Å²) in [5.41, 5.74) is 3.30.